The average Bonchev–Trinajstić information content (AvgIpc) is 2.65. The van der Waals surface area contributed by atoms with Gasteiger partial charge >= 0.3 is 0 Å². The van der Waals surface area contributed by atoms with Gasteiger partial charge in [-0.05, 0) is 52.6 Å². The molecule has 2 aliphatic rings. The number of halogens is 1. The highest BCUT2D eigenvalue weighted by Crippen LogP contribution is 2.49. The maximum atomic E-state index is 10.8. The van der Waals surface area contributed by atoms with E-state index in [-0.39, 0.29) is 30.2 Å². The summed E-state index contributed by atoms with van der Waals surface area (Å²) in [7, 11) is 0. The van der Waals surface area contributed by atoms with E-state index in [2.05, 4.69) is 32.6 Å². The van der Waals surface area contributed by atoms with E-state index in [1.165, 1.54) is 0 Å². The fourth-order valence-electron chi connectivity index (χ4n) is 3.60. The number of hydrogen-bond acceptors (Lipinski definition) is 4. The molecule has 1 saturated carbocycles. The van der Waals surface area contributed by atoms with Crippen LogP contribution in [0, 0.1) is 5.92 Å². The molecule has 0 spiro atoms. The standard InChI is InChI=1S/C16H31NO3.ClH/c1-6-17(7-2)8-9-19-13-10-12-11-14(16(13,5)18)20-15(12,3)4;/h12-14,18H,6-11H2,1-5H3;1H. The Morgan fingerprint density at radius 2 is 1.81 bits per heavy atom. The van der Waals surface area contributed by atoms with E-state index in [0.29, 0.717) is 12.5 Å². The molecule has 2 bridgehead atoms. The van der Waals surface area contributed by atoms with Crippen LogP contribution in [-0.4, -0.2) is 59.7 Å². The smallest absolute Gasteiger partial charge is 0.114 e. The predicted octanol–water partition coefficient (Wildman–Crippen LogP) is 2.47. The summed E-state index contributed by atoms with van der Waals surface area (Å²) in [6.45, 7) is 14.2. The first-order chi connectivity index (χ1) is 9.31. The summed E-state index contributed by atoms with van der Waals surface area (Å²) >= 11 is 0. The first-order valence-electron chi connectivity index (χ1n) is 8.05. The lowest BCUT2D eigenvalue weighted by Crippen LogP contribution is -2.53. The molecule has 0 amide bonds. The van der Waals surface area contributed by atoms with E-state index >= 15 is 0 Å². The van der Waals surface area contributed by atoms with Crippen LogP contribution in [0.2, 0.25) is 0 Å². The Hall–Kier alpha value is 0.130. The van der Waals surface area contributed by atoms with Crippen molar-refractivity contribution in [1.29, 1.82) is 0 Å². The second kappa shape index (κ2) is 7.14. The number of rotatable bonds is 6. The van der Waals surface area contributed by atoms with Crippen molar-refractivity contribution in [2.45, 2.75) is 70.9 Å². The molecule has 0 aromatic carbocycles. The van der Waals surface area contributed by atoms with Crippen molar-refractivity contribution in [1.82, 2.24) is 4.90 Å². The van der Waals surface area contributed by atoms with Crippen molar-refractivity contribution in [3.63, 3.8) is 0 Å². The van der Waals surface area contributed by atoms with Crippen LogP contribution in [0.5, 0.6) is 0 Å². The molecule has 2 rings (SSSR count). The van der Waals surface area contributed by atoms with Gasteiger partial charge in [0.2, 0.25) is 0 Å². The second-order valence-electron chi connectivity index (χ2n) is 6.99. The molecule has 2 fully saturated rings. The Kier molecular flexibility index (Phi) is 6.52. The zero-order valence-electron chi connectivity index (χ0n) is 14.1. The van der Waals surface area contributed by atoms with Gasteiger partial charge in [-0.2, -0.15) is 0 Å². The SMILES string of the molecule is CCN(CC)CCOC1CC2CC(OC2(C)C)C1(C)O.Cl. The van der Waals surface area contributed by atoms with E-state index in [1.54, 1.807) is 0 Å². The van der Waals surface area contributed by atoms with Gasteiger partial charge in [0.25, 0.3) is 0 Å². The summed E-state index contributed by atoms with van der Waals surface area (Å²) in [6.07, 6.45) is 1.66. The molecule has 4 atom stereocenters. The largest absolute Gasteiger partial charge is 0.385 e. The molecule has 126 valence electrons. The van der Waals surface area contributed by atoms with Gasteiger partial charge in [0.1, 0.15) is 5.60 Å². The molecule has 0 aromatic rings. The van der Waals surface area contributed by atoms with E-state index in [1.807, 2.05) is 6.92 Å². The molecule has 0 radical (unpaired) electrons. The summed E-state index contributed by atoms with van der Waals surface area (Å²) in [5.74, 6) is 0.492. The second-order valence-corrected chi connectivity index (χ2v) is 6.99. The number of aliphatic hydroxyl groups is 1. The first-order valence-corrected chi connectivity index (χ1v) is 8.05. The van der Waals surface area contributed by atoms with Crippen molar-refractivity contribution in [3.05, 3.63) is 0 Å². The van der Waals surface area contributed by atoms with Crippen molar-refractivity contribution in [2.75, 3.05) is 26.2 Å². The normalized spacial score (nSPS) is 37.6. The molecular weight excluding hydrogens is 290 g/mol. The molecular formula is C16H32ClNO3. The predicted molar refractivity (Wildman–Crippen MR) is 87.1 cm³/mol. The van der Waals surface area contributed by atoms with Crippen LogP contribution in [0.15, 0.2) is 0 Å². The first kappa shape index (κ1) is 19.2. The Bertz CT molecular complexity index is 331. The Balaban J connectivity index is 0.00000220. The summed E-state index contributed by atoms with van der Waals surface area (Å²) < 4.78 is 12.1. The van der Waals surface area contributed by atoms with Crippen LogP contribution in [0.1, 0.15) is 47.5 Å². The van der Waals surface area contributed by atoms with E-state index < -0.39 is 5.60 Å². The Labute approximate surface area is 135 Å². The van der Waals surface area contributed by atoms with Crippen LogP contribution < -0.4 is 0 Å². The third-order valence-electron chi connectivity index (χ3n) is 5.35. The molecule has 1 N–H and O–H groups in total. The van der Waals surface area contributed by atoms with Gasteiger partial charge < -0.3 is 19.5 Å². The van der Waals surface area contributed by atoms with Crippen LogP contribution >= 0.6 is 12.4 Å². The minimum Gasteiger partial charge on any atom is -0.385 e. The monoisotopic (exact) mass is 321 g/mol. The third-order valence-corrected chi connectivity index (χ3v) is 5.35. The van der Waals surface area contributed by atoms with Crippen LogP contribution in [-0.2, 0) is 9.47 Å². The highest BCUT2D eigenvalue weighted by atomic mass is 35.5. The van der Waals surface area contributed by atoms with Gasteiger partial charge in [-0.1, -0.05) is 13.8 Å². The van der Waals surface area contributed by atoms with E-state index in [4.69, 9.17) is 9.47 Å². The molecule has 4 nitrogen and oxygen atoms in total. The van der Waals surface area contributed by atoms with Gasteiger partial charge in [0.05, 0.1) is 24.4 Å². The lowest BCUT2D eigenvalue weighted by Gasteiger charge is -2.40. The summed E-state index contributed by atoms with van der Waals surface area (Å²) in [5, 5.41) is 10.8. The molecule has 1 heterocycles. The van der Waals surface area contributed by atoms with Gasteiger partial charge in [-0.15, -0.1) is 12.4 Å². The van der Waals surface area contributed by atoms with Crippen molar-refractivity contribution < 1.29 is 14.6 Å². The van der Waals surface area contributed by atoms with Crippen molar-refractivity contribution in [3.8, 4) is 0 Å². The fraction of sp³-hybridized carbons (Fsp3) is 1.00. The zero-order chi connectivity index (χ0) is 15.0. The molecule has 1 saturated heterocycles. The lowest BCUT2D eigenvalue weighted by molar-refractivity contribution is -0.174. The van der Waals surface area contributed by atoms with Gasteiger partial charge in [0, 0.05) is 6.54 Å². The minimum absolute atomic E-state index is 0. The zero-order valence-corrected chi connectivity index (χ0v) is 14.9. The number of ether oxygens (including phenoxy) is 2. The molecule has 1 aliphatic heterocycles. The lowest BCUT2D eigenvalue weighted by atomic mass is 9.73. The quantitative estimate of drug-likeness (QED) is 0.816. The highest BCUT2D eigenvalue weighted by Gasteiger charge is 2.57. The number of fused-ring (bicyclic) bond motifs is 2. The van der Waals surface area contributed by atoms with E-state index in [0.717, 1.165) is 32.5 Å². The molecule has 1 aliphatic carbocycles. The number of likely N-dealkylation sites (N-methyl/N-ethyl adjacent to an activating group) is 1. The third kappa shape index (κ3) is 3.91. The number of nitrogens with zero attached hydrogens (tertiary/aromatic N) is 1. The molecule has 21 heavy (non-hydrogen) atoms. The fourth-order valence-corrected chi connectivity index (χ4v) is 3.60. The highest BCUT2D eigenvalue weighted by molar-refractivity contribution is 5.85. The molecule has 0 aromatic heterocycles. The van der Waals surface area contributed by atoms with Gasteiger partial charge in [-0.3, -0.25) is 0 Å². The van der Waals surface area contributed by atoms with Crippen LogP contribution in [0.25, 0.3) is 0 Å². The van der Waals surface area contributed by atoms with Gasteiger partial charge in [-0.25, -0.2) is 0 Å². The maximum absolute atomic E-state index is 10.8. The Morgan fingerprint density at radius 3 is 2.38 bits per heavy atom. The average molecular weight is 322 g/mol. The van der Waals surface area contributed by atoms with Gasteiger partial charge in [0.15, 0.2) is 0 Å². The van der Waals surface area contributed by atoms with Crippen LogP contribution in [0.4, 0.5) is 0 Å². The molecule has 4 unspecified atom stereocenters. The van der Waals surface area contributed by atoms with Crippen LogP contribution in [0.3, 0.4) is 0 Å². The maximum Gasteiger partial charge on any atom is 0.114 e. The summed E-state index contributed by atoms with van der Waals surface area (Å²) in [5.41, 5.74) is -1.00. The van der Waals surface area contributed by atoms with E-state index in [9.17, 15) is 5.11 Å². The summed E-state index contributed by atoms with van der Waals surface area (Å²) in [6, 6.07) is 0. The minimum atomic E-state index is -0.868. The molecule has 5 heteroatoms. The number of hydrogen-bond donors (Lipinski definition) is 1. The van der Waals surface area contributed by atoms with Crippen molar-refractivity contribution >= 4 is 12.4 Å². The summed E-state index contributed by atoms with van der Waals surface area (Å²) in [4.78, 5) is 2.34. The van der Waals surface area contributed by atoms with Crippen molar-refractivity contribution in [2.24, 2.45) is 5.92 Å². The Morgan fingerprint density at radius 1 is 1.19 bits per heavy atom. The topological polar surface area (TPSA) is 41.9 Å².